The number of likely N-dealkylation sites (tertiary alicyclic amines) is 1. The number of nitrogen functional groups attached to an aromatic ring is 1. The fraction of sp³-hybridized carbons (Fsp3) is 0.400. The molecule has 122 valence electrons. The average Bonchev–Trinajstić information content (AvgIpc) is 3.19. The maximum Gasteiger partial charge on any atom is 0.179 e. The molecule has 1 aliphatic heterocycles. The Bertz CT molecular complexity index is 932. The van der Waals surface area contributed by atoms with Crippen LogP contribution in [0.3, 0.4) is 0 Å². The minimum absolute atomic E-state index is 0.0839. The van der Waals surface area contributed by atoms with Crippen LogP contribution in [-0.4, -0.2) is 47.5 Å². The van der Waals surface area contributed by atoms with Gasteiger partial charge in [-0.05, 0) is 12.8 Å². The van der Waals surface area contributed by atoms with E-state index in [0.717, 1.165) is 36.0 Å². The highest BCUT2D eigenvalue weighted by atomic mass is 15.4. The van der Waals surface area contributed by atoms with E-state index in [2.05, 4.69) is 21.3 Å². The monoisotopic (exact) mass is 323 g/mol. The number of nitriles is 1. The van der Waals surface area contributed by atoms with Crippen molar-refractivity contribution >= 4 is 16.9 Å². The zero-order valence-corrected chi connectivity index (χ0v) is 13.3. The zero-order chi connectivity index (χ0) is 16.7. The molecule has 3 aromatic heterocycles. The van der Waals surface area contributed by atoms with Crippen molar-refractivity contribution in [2.45, 2.75) is 18.9 Å². The van der Waals surface area contributed by atoms with Crippen molar-refractivity contribution in [3.05, 3.63) is 18.7 Å². The summed E-state index contributed by atoms with van der Waals surface area (Å²) in [4.78, 5) is 10.3. The van der Waals surface area contributed by atoms with Gasteiger partial charge in [0.15, 0.2) is 11.8 Å². The minimum atomic E-state index is 0.0839. The summed E-state index contributed by atoms with van der Waals surface area (Å²) < 4.78 is 3.61. The molecule has 1 unspecified atom stereocenters. The Balaban J connectivity index is 1.88. The molecule has 0 aliphatic carbocycles. The summed E-state index contributed by atoms with van der Waals surface area (Å²) in [7, 11) is 1.86. The summed E-state index contributed by atoms with van der Waals surface area (Å²) in [6.07, 6.45) is 9.22. The molecular weight excluding hydrogens is 306 g/mol. The molecule has 3 aromatic rings. The van der Waals surface area contributed by atoms with Gasteiger partial charge < -0.3 is 10.6 Å². The standard InChI is InChI=1S/C15H17N9/c1-22-6-10(5-20-22)13-12-14(17)18-9-19-15(12)24(21-13)11-3-2-4-23(7-11)8-16/h5-6,9,11H,2-4,7H2,1H3,(H2,17,18,19). The second kappa shape index (κ2) is 5.49. The molecular formula is C15H17N9. The van der Waals surface area contributed by atoms with Crippen LogP contribution in [0.5, 0.6) is 0 Å². The van der Waals surface area contributed by atoms with Gasteiger partial charge in [0.2, 0.25) is 0 Å². The van der Waals surface area contributed by atoms with Crippen LogP contribution in [0.25, 0.3) is 22.3 Å². The molecule has 1 fully saturated rings. The van der Waals surface area contributed by atoms with Crippen molar-refractivity contribution in [3.63, 3.8) is 0 Å². The topological polar surface area (TPSA) is 114 Å². The smallest absolute Gasteiger partial charge is 0.179 e. The predicted octanol–water partition coefficient (Wildman–Crippen LogP) is 0.927. The summed E-state index contributed by atoms with van der Waals surface area (Å²) in [5, 5.41) is 18.9. The first-order valence-electron chi connectivity index (χ1n) is 7.79. The van der Waals surface area contributed by atoms with Crippen molar-refractivity contribution < 1.29 is 0 Å². The number of piperidine rings is 1. The van der Waals surface area contributed by atoms with E-state index in [1.165, 1.54) is 6.33 Å². The van der Waals surface area contributed by atoms with Gasteiger partial charge in [-0.3, -0.25) is 4.68 Å². The number of hydrogen-bond donors (Lipinski definition) is 1. The third kappa shape index (κ3) is 2.23. The van der Waals surface area contributed by atoms with Gasteiger partial charge in [0.05, 0.1) is 24.2 Å². The van der Waals surface area contributed by atoms with Crippen LogP contribution in [0.4, 0.5) is 5.82 Å². The number of rotatable bonds is 2. The van der Waals surface area contributed by atoms with E-state index in [1.54, 1.807) is 15.8 Å². The number of hydrogen-bond acceptors (Lipinski definition) is 7. The van der Waals surface area contributed by atoms with E-state index in [4.69, 9.17) is 10.8 Å². The maximum absolute atomic E-state index is 9.19. The zero-order valence-electron chi connectivity index (χ0n) is 13.3. The third-order valence-corrected chi connectivity index (χ3v) is 4.38. The number of fused-ring (bicyclic) bond motifs is 1. The molecule has 9 heteroatoms. The summed E-state index contributed by atoms with van der Waals surface area (Å²) in [6.45, 7) is 1.42. The highest BCUT2D eigenvalue weighted by Crippen LogP contribution is 2.33. The SMILES string of the molecule is Cn1cc(-c2nn(C3CCCN(C#N)C3)c3ncnc(N)c23)cn1. The van der Waals surface area contributed by atoms with Crippen molar-refractivity contribution in [3.8, 4) is 17.5 Å². The molecule has 0 bridgehead atoms. The van der Waals surface area contributed by atoms with Crippen LogP contribution in [0.2, 0.25) is 0 Å². The Morgan fingerprint density at radius 2 is 2.25 bits per heavy atom. The minimum Gasteiger partial charge on any atom is -0.383 e. The number of nitrogens with zero attached hydrogens (tertiary/aromatic N) is 8. The second-order valence-electron chi connectivity index (χ2n) is 6.00. The largest absolute Gasteiger partial charge is 0.383 e. The second-order valence-corrected chi connectivity index (χ2v) is 6.00. The molecule has 4 heterocycles. The molecule has 0 saturated carbocycles. The summed E-state index contributed by atoms with van der Waals surface area (Å²) in [5.74, 6) is 0.401. The summed E-state index contributed by atoms with van der Waals surface area (Å²) >= 11 is 0. The first-order valence-corrected chi connectivity index (χ1v) is 7.79. The van der Waals surface area contributed by atoms with Gasteiger partial charge in [0.25, 0.3) is 0 Å². The van der Waals surface area contributed by atoms with Gasteiger partial charge in [-0.2, -0.15) is 15.5 Å². The molecule has 4 rings (SSSR count). The van der Waals surface area contributed by atoms with Crippen LogP contribution in [-0.2, 0) is 7.05 Å². The molecule has 1 saturated heterocycles. The van der Waals surface area contributed by atoms with Gasteiger partial charge in [0, 0.05) is 25.4 Å². The number of nitrogens with two attached hydrogens (primary N) is 1. The van der Waals surface area contributed by atoms with Crippen molar-refractivity contribution in [2.24, 2.45) is 7.05 Å². The normalized spacial score (nSPS) is 18.0. The van der Waals surface area contributed by atoms with Crippen LogP contribution >= 0.6 is 0 Å². The molecule has 24 heavy (non-hydrogen) atoms. The number of anilines is 1. The Kier molecular flexibility index (Phi) is 3.30. The van der Waals surface area contributed by atoms with E-state index < -0.39 is 0 Å². The lowest BCUT2D eigenvalue weighted by Crippen LogP contribution is -2.33. The average molecular weight is 323 g/mol. The van der Waals surface area contributed by atoms with Crippen LogP contribution in [0.1, 0.15) is 18.9 Å². The Hall–Kier alpha value is -3.15. The lowest BCUT2D eigenvalue weighted by atomic mass is 10.1. The molecule has 0 aromatic carbocycles. The Morgan fingerprint density at radius 1 is 1.38 bits per heavy atom. The molecule has 0 spiro atoms. The molecule has 2 N–H and O–H groups in total. The summed E-state index contributed by atoms with van der Waals surface area (Å²) in [6, 6.07) is 0.0839. The van der Waals surface area contributed by atoms with Crippen molar-refractivity contribution in [1.29, 1.82) is 5.26 Å². The van der Waals surface area contributed by atoms with Crippen LogP contribution < -0.4 is 5.73 Å². The number of aromatic nitrogens is 6. The van der Waals surface area contributed by atoms with Gasteiger partial charge in [-0.25, -0.2) is 14.6 Å². The molecule has 9 nitrogen and oxygen atoms in total. The van der Waals surface area contributed by atoms with Gasteiger partial charge >= 0.3 is 0 Å². The first-order chi connectivity index (χ1) is 11.7. The molecule has 0 radical (unpaired) electrons. The quantitative estimate of drug-likeness (QED) is 0.697. The van der Waals surface area contributed by atoms with Crippen molar-refractivity contribution in [1.82, 2.24) is 34.4 Å². The number of aryl methyl sites for hydroxylation is 1. The van der Waals surface area contributed by atoms with E-state index >= 15 is 0 Å². The third-order valence-electron chi connectivity index (χ3n) is 4.38. The lowest BCUT2D eigenvalue weighted by molar-refractivity contribution is 0.236. The van der Waals surface area contributed by atoms with Gasteiger partial charge in [-0.1, -0.05) is 0 Å². The van der Waals surface area contributed by atoms with Crippen molar-refractivity contribution in [2.75, 3.05) is 18.8 Å². The highest BCUT2D eigenvalue weighted by Gasteiger charge is 2.26. The van der Waals surface area contributed by atoms with Crippen LogP contribution in [0, 0.1) is 11.5 Å². The Labute approximate surface area is 138 Å². The Morgan fingerprint density at radius 3 is 3.00 bits per heavy atom. The van der Waals surface area contributed by atoms with E-state index in [1.807, 2.05) is 17.9 Å². The fourth-order valence-corrected chi connectivity index (χ4v) is 3.24. The first kappa shape index (κ1) is 14.4. The van der Waals surface area contributed by atoms with Crippen LogP contribution in [0.15, 0.2) is 18.7 Å². The molecule has 0 amide bonds. The predicted molar refractivity (Wildman–Crippen MR) is 87.4 cm³/mol. The highest BCUT2D eigenvalue weighted by molar-refractivity contribution is 5.98. The summed E-state index contributed by atoms with van der Waals surface area (Å²) in [5.41, 5.74) is 8.40. The van der Waals surface area contributed by atoms with Gasteiger partial charge in [0.1, 0.15) is 17.8 Å². The maximum atomic E-state index is 9.19. The fourth-order valence-electron chi connectivity index (χ4n) is 3.24. The van der Waals surface area contributed by atoms with E-state index in [-0.39, 0.29) is 6.04 Å². The van der Waals surface area contributed by atoms with Gasteiger partial charge in [-0.15, -0.1) is 0 Å². The molecule has 1 atom stereocenters. The van der Waals surface area contributed by atoms with E-state index in [0.29, 0.717) is 18.0 Å². The van der Waals surface area contributed by atoms with E-state index in [9.17, 15) is 5.26 Å². The molecule has 1 aliphatic rings. The lowest BCUT2D eigenvalue weighted by Gasteiger charge is -2.28.